The van der Waals surface area contributed by atoms with Gasteiger partial charge in [-0.15, -0.1) is 0 Å². The summed E-state index contributed by atoms with van der Waals surface area (Å²) in [6.45, 7) is 0.526. The molecule has 0 N–H and O–H groups in total. The Labute approximate surface area is 127 Å². The maximum atomic E-state index is 11.7. The number of carbonyl (C=O) groups excluding carboxylic acids is 2. The van der Waals surface area contributed by atoms with Gasteiger partial charge in [0, 0.05) is 29.6 Å². The Kier molecular flexibility index (Phi) is 3.94. The van der Waals surface area contributed by atoms with Gasteiger partial charge < -0.3 is 9.57 Å². The predicted octanol–water partition coefficient (Wildman–Crippen LogP) is 2.42. The second-order valence-corrected chi connectivity index (χ2v) is 5.39. The Bertz CT molecular complexity index is 601. The van der Waals surface area contributed by atoms with Crippen molar-refractivity contribution in [2.24, 2.45) is 0 Å². The summed E-state index contributed by atoms with van der Waals surface area (Å²) < 4.78 is 5.43. The molecule has 0 aliphatic carbocycles. The molecule has 0 aromatic heterocycles. The maximum Gasteiger partial charge on any atom is 0.350 e. The van der Waals surface area contributed by atoms with Gasteiger partial charge >= 0.3 is 11.9 Å². The van der Waals surface area contributed by atoms with Crippen LogP contribution in [0.2, 0.25) is 5.02 Å². The third kappa shape index (κ3) is 2.94. The fourth-order valence-electron chi connectivity index (χ4n) is 2.70. The molecule has 0 spiro atoms. The molecular weight excluding hydrogens is 294 g/mol. The van der Waals surface area contributed by atoms with Gasteiger partial charge in [0.2, 0.25) is 0 Å². The van der Waals surface area contributed by atoms with Crippen molar-refractivity contribution in [1.29, 1.82) is 0 Å². The topological polar surface area (TPSA) is 55.8 Å². The van der Waals surface area contributed by atoms with E-state index in [0.29, 0.717) is 11.6 Å². The lowest BCUT2D eigenvalue weighted by Gasteiger charge is -2.39. The van der Waals surface area contributed by atoms with Crippen LogP contribution in [-0.4, -0.2) is 29.8 Å². The van der Waals surface area contributed by atoms with Gasteiger partial charge in [0.25, 0.3) is 0 Å². The summed E-state index contributed by atoms with van der Waals surface area (Å²) in [5.41, 5.74) is 0.891. The molecule has 3 rings (SSSR count). The molecule has 2 atom stereocenters. The molecule has 2 aliphatic rings. The van der Waals surface area contributed by atoms with Gasteiger partial charge in [-0.05, 0) is 24.5 Å². The molecule has 0 radical (unpaired) electrons. The maximum absolute atomic E-state index is 11.7. The van der Waals surface area contributed by atoms with E-state index >= 15 is 0 Å². The van der Waals surface area contributed by atoms with E-state index in [1.54, 1.807) is 6.07 Å². The number of rotatable bonds is 1. The van der Waals surface area contributed by atoms with Gasteiger partial charge in [-0.25, -0.2) is 9.59 Å². The van der Waals surface area contributed by atoms with E-state index in [4.69, 9.17) is 21.2 Å². The highest BCUT2D eigenvalue weighted by molar-refractivity contribution is 6.31. The van der Waals surface area contributed by atoms with E-state index in [-0.39, 0.29) is 5.92 Å². The van der Waals surface area contributed by atoms with Crippen LogP contribution in [0.15, 0.2) is 36.4 Å². The Hall–Kier alpha value is -1.85. The Morgan fingerprint density at radius 3 is 2.71 bits per heavy atom. The molecule has 0 amide bonds. The number of hydrogen-bond acceptors (Lipinski definition) is 5. The van der Waals surface area contributed by atoms with E-state index in [1.807, 2.05) is 18.2 Å². The van der Waals surface area contributed by atoms with Crippen LogP contribution in [0.25, 0.3) is 0 Å². The van der Waals surface area contributed by atoms with Crippen molar-refractivity contribution in [3.63, 3.8) is 0 Å². The number of halogens is 1. The number of ether oxygens (including phenoxy) is 1. The van der Waals surface area contributed by atoms with Crippen LogP contribution in [0.1, 0.15) is 24.3 Å². The number of hydrogen-bond donors (Lipinski definition) is 0. The molecule has 0 bridgehead atoms. The van der Waals surface area contributed by atoms with Crippen molar-refractivity contribution >= 4 is 23.5 Å². The molecule has 2 unspecified atom stereocenters. The lowest BCUT2D eigenvalue weighted by molar-refractivity contribution is -0.251. The summed E-state index contributed by atoms with van der Waals surface area (Å²) in [6, 6.07) is 7.43. The van der Waals surface area contributed by atoms with Crippen LogP contribution in [0, 0.1) is 0 Å². The molecule has 0 saturated carbocycles. The molecule has 2 heterocycles. The second-order valence-electron chi connectivity index (χ2n) is 4.98. The van der Waals surface area contributed by atoms with Crippen molar-refractivity contribution in [2.75, 3.05) is 6.54 Å². The number of fused-ring (bicyclic) bond motifs is 1. The predicted molar refractivity (Wildman–Crippen MR) is 75.2 cm³/mol. The normalized spacial score (nSPS) is 27.9. The average Bonchev–Trinajstić information content (AvgIpc) is 2.46. The van der Waals surface area contributed by atoms with Crippen LogP contribution in [-0.2, 0) is 19.2 Å². The molecule has 5 nitrogen and oxygen atoms in total. The lowest BCUT2D eigenvalue weighted by atomic mass is 9.89. The number of benzene rings is 1. The lowest BCUT2D eigenvalue weighted by Crippen LogP contribution is -2.48. The first-order valence-corrected chi connectivity index (χ1v) is 7.14. The van der Waals surface area contributed by atoms with E-state index in [0.717, 1.165) is 30.6 Å². The Morgan fingerprint density at radius 2 is 1.90 bits per heavy atom. The molecule has 110 valence electrons. The van der Waals surface area contributed by atoms with Gasteiger partial charge in [0.15, 0.2) is 6.23 Å². The van der Waals surface area contributed by atoms with Crippen molar-refractivity contribution in [3.8, 4) is 0 Å². The molecule has 1 fully saturated rings. The molecule has 1 aromatic carbocycles. The summed E-state index contributed by atoms with van der Waals surface area (Å²) in [5.74, 6) is -1.26. The zero-order valence-electron chi connectivity index (χ0n) is 11.2. The van der Waals surface area contributed by atoms with Crippen molar-refractivity contribution in [2.45, 2.75) is 25.0 Å². The minimum atomic E-state index is -0.653. The molecule has 1 aromatic rings. The quantitative estimate of drug-likeness (QED) is 0.746. The van der Waals surface area contributed by atoms with Gasteiger partial charge in [-0.2, -0.15) is 0 Å². The first-order valence-electron chi connectivity index (χ1n) is 6.77. The van der Waals surface area contributed by atoms with Crippen LogP contribution < -0.4 is 0 Å². The minimum Gasteiger partial charge on any atom is -0.439 e. The zero-order valence-corrected chi connectivity index (χ0v) is 12.0. The molecule has 6 heteroatoms. The summed E-state index contributed by atoms with van der Waals surface area (Å²) in [5, 5.41) is 2.05. The molecular formula is C15H14ClNO4. The largest absolute Gasteiger partial charge is 0.439 e. The summed E-state index contributed by atoms with van der Waals surface area (Å²) in [6.07, 6.45) is 3.12. The fraction of sp³-hybridized carbons (Fsp3) is 0.333. The number of nitrogens with zero attached hydrogens (tertiary/aromatic N) is 1. The third-order valence-electron chi connectivity index (χ3n) is 3.63. The van der Waals surface area contributed by atoms with E-state index in [2.05, 4.69) is 0 Å². The van der Waals surface area contributed by atoms with Crippen LogP contribution >= 0.6 is 11.6 Å². The van der Waals surface area contributed by atoms with Gasteiger partial charge in [0.05, 0.1) is 0 Å². The first kappa shape index (κ1) is 14.1. The monoisotopic (exact) mass is 307 g/mol. The van der Waals surface area contributed by atoms with Crippen LogP contribution in [0.4, 0.5) is 0 Å². The third-order valence-corrected chi connectivity index (χ3v) is 3.97. The highest BCUT2D eigenvalue weighted by Crippen LogP contribution is 2.37. The number of hydroxylamine groups is 2. The van der Waals surface area contributed by atoms with E-state index < -0.39 is 18.2 Å². The second kappa shape index (κ2) is 5.87. The summed E-state index contributed by atoms with van der Waals surface area (Å²) in [4.78, 5) is 28.5. The van der Waals surface area contributed by atoms with E-state index in [1.165, 1.54) is 5.06 Å². The summed E-state index contributed by atoms with van der Waals surface area (Å²) >= 11 is 6.25. The Morgan fingerprint density at radius 1 is 1.14 bits per heavy atom. The molecule has 21 heavy (non-hydrogen) atoms. The SMILES string of the molecule is O=C1/C=C/C(=O)ON2CCCC(c3ccccc3Cl)C2O1. The van der Waals surface area contributed by atoms with Gasteiger partial charge in [0.1, 0.15) is 0 Å². The highest BCUT2D eigenvalue weighted by Gasteiger charge is 2.39. The zero-order chi connectivity index (χ0) is 14.8. The van der Waals surface area contributed by atoms with Crippen molar-refractivity contribution in [1.82, 2.24) is 5.06 Å². The molecule has 2 aliphatic heterocycles. The number of piperidine rings is 1. The minimum absolute atomic E-state index is 0.129. The van der Waals surface area contributed by atoms with E-state index in [9.17, 15) is 9.59 Å². The number of carbonyl (C=O) groups is 2. The standard InChI is InChI=1S/C15H14ClNO4/c16-12-6-2-1-4-10(12)11-5-3-9-17-15(11)20-13(18)7-8-14(19)21-17/h1-2,4,6-8,11,15H,3,5,9H2/b8-7+. The average molecular weight is 308 g/mol. The van der Waals surface area contributed by atoms with Crippen molar-refractivity contribution in [3.05, 3.63) is 47.0 Å². The van der Waals surface area contributed by atoms with Gasteiger partial charge in [-0.1, -0.05) is 34.9 Å². The molecule has 1 saturated heterocycles. The highest BCUT2D eigenvalue weighted by atomic mass is 35.5. The van der Waals surface area contributed by atoms with Crippen molar-refractivity contribution < 1.29 is 19.2 Å². The number of esters is 1. The van der Waals surface area contributed by atoms with Gasteiger partial charge in [-0.3, -0.25) is 0 Å². The Balaban J connectivity index is 1.95. The van der Waals surface area contributed by atoms with Crippen LogP contribution in [0.3, 0.4) is 0 Å². The smallest absolute Gasteiger partial charge is 0.350 e. The fourth-order valence-corrected chi connectivity index (χ4v) is 2.98. The summed E-state index contributed by atoms with van der Waals surface area (Å²) in [7, 11) is 0. The van der Waals surface area contributed by atoms with Crippen LogP contribution in [0.5, 0.6) is 0 Å². The first-order chi connectivity index (χ1) is 10.1.